The normalized spacial score (nSPS) is 33.4. The van der Waals surface area contributed by atoms with Gasteiger partial charge >= 0.3 is 0 Å². The molecule has 0 unspecified atom stereocenters. The molecule has 1 aromatic carbocycles. The zero-order valence-electron chi connectivity index (χ0n) is 11.6. The largest absolute Gasteiger partial charge is 0.276 e. The van der Waals surface area contributed by atoms with Crippen molar-refractivity contribution in [2.75, 3.05) is 5.43 Å². The molecule has 5 heteroatoms. The van der Waals surface area contributed by atoms with E-state index in [1.54, 1.807) is 12.1 Å². The molecule has 0 heterocycles. The van der Waals surface area contributed by atoms with E-state index in [-0.39, 0.29) is 0 Å². The fourth-order valence-electron chi connectivity index (χ4n) is 4.62. The molecule has 0 saturated heterocycles. The van der Waals surface area contributed by atoms with Gasteiger partial charge in [-0.1, -0.05) is 34.8 Å². The molecule has 1 aromatic rings. The van der Waals surface area contributed by atoms with Crippen molar-refractivity contribution in [3.63, 3.8) is 0 Å². The van der Waals surface area contributed by atoms with Crippen LogP contribution >= 0.6 is 34.8 Å². The molecule has 4 bridgehead atoms. The Morgan fingerprint density at radius 3 is 1.90 bits per heavy atom. The third kappa shape index (κ3) is 2.56. The summed E-state index contributed by atoms with van der Waals surface area (Å²) in [6.45, 7) is 0. The second kappa shape index (κ2) is 5.33. The van der Waals surface area contributed by atoms with Gasteiger partial charge in [0, 0.05) is 10.7 Å². The molecule has 21 heavy (non-hydrogen) atoms. The van der Waals surface area contributed by atoms with Gasteiger partial charge < -0.3 is 0 Å². The molecule has 0 amide bonds. The molecule has 4 fully saturated rings. The Morgan fingerprint density at radius 1 is 0.857 bits per heavy atom. The van der Waals surface area contributed by atoms with Gasteiger partial charge in [0.2, 0.25) is 0 Å². The minimum Gasteiger partial charge on any atom is -0.276 e. The first kappa shape index (κ1) is 14.2. The van der Waals surface area contributed by atoms with Crippen molar-refractivity contribution in [3.8, 4) is 0 Å². The van der Waals surface area contributed by atoms with Crippen LogP contribution in [0.15, 0.2) is 17.2 Å². The van der Waals surface area contributed by atoms with Gasteiger partial charge in [0.15, 0.2) is 0 Å². The van der Waals surface area contributed by atoms with Gasteiger partial charge in [-0.25, -0.2) is 0 Å². The van der Waals surface area contributed by atoms with Gasteiger partial charge in [0.05, 0.1) is 15.7 Å². The van der Waals surface area contributed by atoms with E-state index in [2.05, 4.69) is 5.43 Å². The van der Waals surface area contributed by atoms with Crippen LogP contribution in [0.25, 0.3) is 0 Å². The van der Waals surface area contributed by atoms with Crippen molar-refractivity contribution in [2.45, 2.75) is 32.1 Å². The van der Waals surface area contributed by atoms with E-state index in [0.29, 0.717) is 32.6 Å². The highest BCUT2D eigenvalue weighted by Gasteiger charge is 2.46. The highest BCUT2D eigenvalue weighted by molar-refractivity contribution is 6.41. The quantitative estimate of drug-likeness (QED) is 0.667. The summed E-state index contributed by atoms with van der Waals surface area (Å²) in [6, 6.07) is 3.38. The number of hydrazone groups is 1. The lowest BCUT2D eigenvalue weighted by Gasteiger charge is -2.50. The average Bonchev–Trinajstić information content (AvgIpc) is 2.39. The fourth-order valence-corrected chi connectivity index (χ4v) is 5.52. The van der Waals surface area contributed by atoms with Gasteiger partial charge in [-0.15, -0.1) is 0 Å². The number of rotatable bonds is 2. The number of nitrogens with zero attached hydrogens (tertiary/aromatic N) is 1. The Hall–Kier alpha value is -0.440. The average molecular weight is 344 g/mol. The summed E-state index contributed by atoms with van der Waals surface area (Å²) in [5.74, 6) is 3.21. The molecular weight excluding hydrogens is 327 g/mol. The summed E-state index contributed by atoms with van der Waals surface area (Å²) in [5.41, 5.74) is 5.10. The van der Waals surface area contributed by atoms with E-state index >= 15 is 0 Å². The summed E-state index contributed by atoms with van der Waals surface area (Å²) in [4.78, 5) is 0. The minimum absolute atomic E-state index is 0.515. The molecule has 0 atom stereocenters. The second-order valence-electron chi connectivity index (χ2n) is 6.70. The zero-order chi connectivity index (χ0) is 14.6. The van der Waals surface area contributed by atoms with Crippen molar-refractivity contribution >= 4 is 46.2 Å². The van der Waals surface area contributed by atoms with E-state index in [1.807, 2.05) is 0 Å². The molecule has 2 nitrogen and oxygen atoms in total. The first-order valence-electron chi connectivity index (χ1n) is 7.58. The molecule has 4 aliphatic rings. The van der Waals surface area contributed by atoms with Crippen molar-refractivity contribution in [1.82, 2.24) is 0 Å². The van der Waals surface area contributed by atoms with Crippen molar-refractivity contribution in [2.24, 2.45) is 28.8 Å². The summed E-state index contributed by atoms with van der Waals surface area (Å²) in [7, 11) is 0. The van der Waals surface area contributed by atoms with Crippen LogP contribution in [0.2, 0.25) is 15.1 Å². The van der Waals surface area contributed by atoms with E-state index in [1.165, 1.54) is 37.8 Å². The first-order valence-corrected chi connectivity index (χ1v) is 8.71. The third-order valence-corrected chi connectivity index (χ3v) is 6.09. The lowest BCUT2D eigenvalue weighted by molar-refractivity contribution is 0.108. The van der Waals surface area contributed by atoms with Gasteiger partial charge in [-0.2, -0.15) is 5.10 Å². The van der Waals surface area contributed by atoms with Crippen LogP contribution in [0.5, 0.6) is 0 Å². The van der Waals surface area contributed by atoms with Crippen LogP contribution in [0, 0.1) is 23.7 Å². The lowest BCUT2D eigenvalue weighted by Crippen LogP contribution is -2.45. The SMILES string of the molecule is Clc1cc(Cl)c(NN=C2C3CC4CC(C3)CC2C4)c(Cl)c1. The Bertz CT molecular complexity index is 559. The number of hydrogen-bond acceptors (Lipinski definition) is 2. The highest BCUT2D eigenvalue weighted by atomic mass is 35.5. The Labute approximate surface area is 139 Å². The van der Waals surface area contributed by atoms with E-state index < -0.39 is 0 Å². The number of halogens is 3. The molecular formula is C16H17Cl3N2. The maximum Gasteiger partial charge on any atom is 0.0935 e. The van der Waals surface area contributed by atoms with Crippen LogP contribution < -0.4 is 5.43 Å². The van der Waals surface area contributed by atoms with Crippen molar-refractivity contribution in [3.05, 3.63) is 27.2 Å². The first-order chi connectivity index (χ1) is 10.1. The standard InChI is InChI=1S/C16H17Cl3N2/c17-12-6-13(18)16(14(19)7-12)21-20-15-10-2-8-1-9(4-10)5-11(15)3-8/h6-11,21H,1-5H2. The fraction of sp³-hybridized carbons (Fsp3) is 0.562. The molecule has 0 radical (unpaired) electrons. The predicted octanol–water partition coefficient (Wildman–Crippen LogP) is 5.87. The molecule has 1 N–H and O–H groups in total. The number of hydrogen-bond donors (Lipinski definition) is 1. The molecule has 0 aliphatic heterocycles. The highest BCUT2D eigenvalue weighted by Crippen LogP contribution is 2.52. The predicted molar refractivity (Wildman–Crippen MR) is 89.6 cm³/mol. The van der Waals surface area contributed by atoms with Crippen LogP contribution in [-0.2, 0) is 0 Å². The number of nitrogens with one attached hydrogen (secondary N) is 1. The maximum atomic E-state index is 6.20. The van der Waals surface area contributed by atoms with Crippen LogP contribution in [0.1, 0.15) is 32.1 Å². The third-order valence-electron chi connectivity index (χ3n) is 5.28. The molecule has 4 saturated carbocycles. The Morgan fingerprint density at radius 2 is 1.38 bits per heavy atom. The van der Waals surface area contributed by atoms with Crippen molar-refractivity contribution < 1.29 is 0 Å². The summed E-state index contributed by atoms with van der Waals surface area (Å²) >= 11 is 18.3. The molecule has 112 valence electrons. The molecule has 0 aromatic heterocycles. The van der Waals surface area contributed by atoms with E-state index in [0.717, 1.165) is 11.8 Å². The summed E-state index contributed by atoms with van der Waals surface area (Å²) < 4.78 is 0. The summed E-state index contributed by atoms with van der Waals surface area (Å²) in [6.07, 6.45) is 6.71. The second-order valence-corrected chi connectivity index (χ2v) is 7.95. The van der Waals surface area contributed by atoms with Gasteiger partial charge in [0.25, 0.3) is 0 Å². The zero-order valence-corrected chi connectivity index (χ0v) is 13.8. The molecule has 4 aliphatic carbocycles. The smallest absolute Gasteiger partial charge is 0.0935 e. The minimum atomic E-state index is 0.515. The Kier molecular flexibility index (Phi) is 3.60. The van der Waals surface area contributed by atoms with E-state index in [9.17, 15) is 0 Å². The summed E-state index contributed by atoms with van der Waals surface area (Å²) in [5, 5.41) is 6.27. The number of benzene rings is 1. The van der Waals surface area contributed by atoms with E-state index in [4.69, 9.17) is 39.9 Å². The topological polar surface area (TPSA) is 24.4 Å². The Balaban J connectivity index is 1.59. The van der Waals surface area contributed by atoms with Crippen LogP contribution in [-0.4, -0.2) is 5.71 Å². The lowest BCUT2D eigenvalue weighted by atomic mass is 9.55. The van der Waals surface area contributed by atoms with Gasteiger partial charge in [-0.3, -0.25) is 5.43 Å². The molecule has 0 spiro atoms. The van der Waals surface area contributed by atoms with Crippen LogP contribution in [0.4, 0.5) is 5.69 Å². The van der Waals surface area contributed by atoms with Crippen molar-refractivity contribution in [1.29, 1.82) is 0 Å². The monoisotopic (exact) mass is 342 g/mol. The van der Waals surface area contributed by atoms with Gasteiger partial charge in [0.1, 0.15) is 0 Å². The maximum absolute atomic E-state index is 6.20. The van der Waals surface area contributed by atoms with Gasteiger partial charge in [-0.05, 0) is 67.9 Å². The molecule has 5 rings (SSSR count). The number of anilines is 1. The van der Waals surface area contributed by atoms with Crippen LogP contribution in [0.3, 0.4) is 0 Å².